The van der Waals surface area contributed by atoms with Crippen molar-refractivity contribution in [1.82, 2.24) is 0 Å². The maximum atomic E-state index is 13.0. The summed E-state index contributed by atoms with van der Waals surface area (Å²) < 4.78 is 18.0. The van der Waals surface area contributed by atoms with E-state index in [0.29, 0.717) is 42.8 Å². The summed E-state index contributed by atoms with van der Waals surface area (Å²) in [5.41, 5.74) is 4.46. The van der Waals surface area contributed by atoms with Crippen molar-refractivity contribution < 1.29 is 13.9 Å². The molecule has 4 heteroatoms. The van der Waals surface area contributed by atoms with Gasteiger partial charge in [0.2, 0.25) is 0 Å². The summed E-state index contributed by atoms with van der Waals surface area (Å²) in [7, 11) is 0. The van der Waals surface area contributed by atoms with Crippen LogP contribution in [0.2, 0.25) is 0 Å². The second kappa shape index (κ2) is 11.0. The third-order valence-corrected chi connectivity index (χ3v) is 5.88. The summed E-state index contributed by atoms with van der Waals surface area (Å²) in [5.74, 6) is 1.48. The van der Waals surface area contributed by atoms with E-state index in [-0.39, 0.29) is 5.43 Å². The van der Waals surface area contributed by atoms with Crippen LogP contribution < -0.4 is 10.2 Å². The third-order valence-electron chi connectivity index (χ3n) is 5.88. The Labute approximate surface area is 194 Å². The summed E-state index contributed by atoms with van der Waals surface area (Å²) >= 11 is 0. The van der Waals surface area contributed by atoms with E-state index in [9.17, 15) is 4.79 Å². The molecule has 0 unspecified atom stereocenters. The molecule has 0 aliphatic rings. The molecular formula is C29H30O4. The molecule has 4 aromatic rings. The third kappa shape index (κ3) is 5.71. The monoisotopic (exact) mass is 442 g/mol. The van der Waals surface area contributed by atoms with Crippen LogP contribution in [-0.4, -0.2) is 6.61 Å². The van der Waals surface area contributed by atoms with Gasteiger partial charge in [-0.25, -0.2) is 0 Å². The Bertz CT molecular complexity index is 1240. The highest BCUT2D eigenvalue weighted by atomic mass is 16.5. The number of ether oxygens (including phenoxy) is 2. The van der Waals surface area contributed by atoms with Gasteiger partial charge >= 0.3 is 0 Å². The van der Waals surface area contributed by atoms with Gasteiger partial charge in [0.05, 0.1) is 12.0 Å². The van der Waals surface area contributed by atoms with E-state index in [0.717, 1.165) is 35.5 Å². The molecule has 0 aliphatic carbocycles. The highest BCUT2D eigenvalue weighted by Gasteiger charge is 2.15. The lowest BCUT2D eigenvalue weighted by atomic mass is 10.1. The van der Waals surface area contributed by atoms with Crippen LogP contribution in [0.4, 0.5) is 0 Å². The van der Waals surface area contributed by atoms with Crippen LogP contribution in [0, 0.1) is 13.8 Å². The average Bonchev–Trinajstić information content (AvgIpc) is 2.85. The predicted octanol–water partition coefficient (Wildman–Crippen LogP) is 6.53. The summed E-state index contributed by atoms with van der Waals surface area (Å²) in [5, 5.41) is 0.604. The number of hydrogen-bond donors (Lipinski definition) is 0. The minimum atomic E-state index is 0.0317. The fraction of sp³-hybridized carbons (Fsp3) is 0.276. The maximum absolute atomic E-state index is 13.0. The van der Waals surface area contributed by atoms with Crippen LogP contribution in [0.15, 0.2) is 82.0 Å². The van der Waals surface area contributed by atoms with Gasteiger partial charge in [-0.2, -0.15) is 0 Å². The molecule has 170 valence electrons. The number of rotatable bonds is 10. The number of benzene rings is 3. The van der Waals surface area contributed by atoms with Gasteiger partial charge in [-0.1, -0.05) is 60.7 Å². The molecule has 0 atom stereocenters. The highest BCUT2D eigenvalue weighted by Crippen LogP contribution is 2.28. The molecule has 1 aromatic heterocycles. The standard InChI is InChI=1S/C29H30O4/c1-21-27(15-9-10-18-31-19-23-11-5-3-6-12-23)33-29-22(2)26(17-16-25(29)28(21)30)32-20-24-13-7-4-8-14-24/h3-8,11-14,16-17H,9-10,15,18-20H2,1-2H3. The fourth-order valence-electron chi connectivity index (χ4n) is 3.90. The van der Waals surface area contributed by atoms with Gasteiger partial charge in [-0.05, 0) is 49.9 Å². The molecule has 3 aromatic carbocycles. The van der Waals surface area contributed by atoms with Gasteiger partial charge in [0.25, 0.3) is 0 Å². The van der Waals surface area contributed by atoms with Crippen LogP contribution in [0.1, 0.15) is 40.9 Å². The van der Waals surface area contributed by atoms with E-state index >= 15 is 0 Å². The largest absolute Gasteiger partial charge is 0.488 e. The Hall–Kier alpha value is -3.37. The minimum absolute atomic E-state index is 0.0317. The van der Waals surface area contributed by atoms with Crippen LogP contribution in [0.25, 0.3) is 11.0 Å². The summed E-state index contributed by atoms with van der Waals surface area (Å²) in [6.45, 7) is 5.57. The van der Waals surface area contributed by atoms with Crippen molar-refractivity contribution in [2.75, 3.05) is 6.61 Å². The molecule has 0 radical (unpaired) electrons. The number of fused-ring (bicyclic) bond motifs is 1. The van der Waals surface area contributed by atoms with Crippen molar-refractivity contribution >= 4 is 11.0 Å². The van der Waals surface area contributed by atoms with Crippen molar-refractivity contribution in [1.29, 1.82) is 0 Å². The lowest BCUT2D eigenvalue weighted by Crippen LogP contribution is -2.10. The molecule has 0 bridgehead atoms. The Morgan fingerprint density at radius 1 is 0.758 bits per heavy atom. The number of hydrogen-bond acceptors (Lipinski definition) is 4. The first-order valence-corrected chi connectivity index (χ1v) is 11.5. The zero-order chi connectivity index (χ0) is 23.0. The zero-order valence-corrected chi connectivity index (χ0v) is 19.3. The smallest absolute Gasteiger partial charge is 0.195 e. The number of unbranched alkanes of at least 4 members (excludes halogenated alkanes) is 1. The maximum Gasteiger partial charge on any atom is 0.195 e. The van der Waals surface area contributed by atoms with Gasteiger partial charge in [-0.15, -0.1) is 0 Å². The zero-order valence-electron chi connectivity index (χ0n) is 19.3. The molecule has 33 heavy (non-hydrogen) atoms. The van der Waals surface area contributed by atoms with E-state index < -0.39 is 0 Å². The van der Waals surface area contributed by atoms with E-state index in [1.54, 1.807) is 0 Å². The lowest BCUT2D eigenvalue weighted by molar-refractivity contribution is 0.117. The Balaban J connectivity index is 1.40. The average molecular weight is 443 g/mol. The van der Waals surface area contributed by atoms with E-state index in [4.69, 9.17) is 13.9 Å². The van der Waals surface area contributed by atoms with Crippen LogP contribution >= 0.6 is 0 Å². The van der Waals surface area contributed by atoms with Crippen molar-refractivity contribution in [3.63, 3.8) is 0 Å². The van der Waals surface area contributed by atoms with Crippen molar-refractivity contribution in [2.24, 2.45) is 0 Å². The second-order valence-electron chi connectivity index (χ2n) is 8.31. The van der Waals surface area contributed by atoms with E-state index in [1.165, 1.54) is 5.56 Å². The SMILES string of the molecule is Cc1c(CCCCOCc2ccccc2)oc2c(C)c(OCc3ccccc3)ccc2c1=O. The van der Waals surface area contributed by atoms with Gasteiger partial charge in [0, 0.05) is 24.2 Å². The van der Waals surface area contributed by atoms with Gasteiger partial charge in [-0.3, -0.25) is 4.79 Å². The molecule has 0 fully saturated rings. The van der Waals surface area contributed by atoms with E-state index in [1.807, 2.05) is 74.5 Å². The molecular weight excluding hydrogens is 412 g/mol. The first kappa shape index (κ1) is 22.8. The van der Waals surface area contributed by atoms with Gasteiger partial charge in [0.1, 0.15) is 23.7 Å². The predicted molar refractivity (Wildman–Crippen MR) is 132 cm³/mol. The molecule has 4 rings (SSSR count). The lowest BCUT2D eigenvalue weighted by Gasteiger charge is -2.13. The molecule has 1 heterocycles. The Kier molecular flexibility index (Phi) is 7.59. The van der Waals surface area contributed by atoms with Crippen molar-refractivity contribution in [3.8, 4) is 5.75 Å². The first-order chi connectivity index (χ1) is 16.1. The number of aryl methyl sites for hydroxylation is 2. The molecule has 0 N–H and O–H groups in total. The summed E-state index contributed by atoms with van der Waals surface area (Å²) in [6, 6.07) is 23.9. The van der Waals surface area contributed by atoms with Crippen LogP contribution in [0.5, 0.6) is 5.75 Å². The summed E-state index contributed by atoms with van der Waals surface area (Å²) in [4.78, 5) is 13.0. The Morgan fingerprint density at radius 2 is 1.42 bits per heavy atom. The minimum Gasteiger partial charge on any atom is -0.488 e. The molecule has 0 spiro atoms. The topological polar surface area (TPSA) is 48.7 Å². The van der Waals surface area contributed by atoms with Crippen molar-refractivity contribution in [3.05, 3.63) is 111 Å². The van der Waals surface area contributed by atoms with E-state index in [2.05, 4.69) is 12.1 Å². The van der Waals surface area contributed by atoms with Gasteiger partial charge in [0.15, 0.2) is 5.43 Å². The quantitative estimate of drug-likeness (QED) is 0.262. The molecule has 0 aliphatic heterocycles. The normalized spacial score (nSPS) is 11.1. The van der Waals surface area contributed by atoms with Crippen LogP contribution in [0.3, 0.4) is 0 Å². The molecule has 4 nitrogen and oxygen atoms in total. The van der Waals surface area contributed by atoms with Crippen molar-refractivity contribution in [2.45, 2.75) is 46.3 Å². The summed E-state index contributed by atoms with van der Waals surface area (Å²) in [6.07, 6.45) is 2.51. The van der Waals surface area contributed by atoms with Gasteiger partial charge < -0.3 is 13.9 Å². The molecule has 0 saturated heterocycles. The Morgan fingerprint density at radius 3 is 2.12 bits per heavy atom. The fourth-order valence-corrected chi connectivity index (χ4v) is 3.90. The molecule has 0 saturated carbocycles. The second-order valence-corrected chi connectivity index (χ2v) is 8.31. The first-order valence-electron chi connectivity index (χ1n) is 11.5. The molecule has 0 amide bonds. The van der Waals surface area contributed by atoms with Crippen LogP contribution in [-0.2, 0) is 24.4 Å². The highest BCUT2D eigenvalue weighted by molar-refractivity contribution is 5.82.